The van der Waals surface area contributed by atoms with E-state index >= 15 is 0 Å². The van der Waals surface area contributed by atoms with Gasteiger partial charge in [-0.05, 0) is 24.3 Å². The maximum absolute atomic E-state index is 12.9. The summed E-state index contributed by atoms with van der Waals surface area (Å²) in [6.07, 6.45) is 0. The average Bonchev–Trinajstić information content (AvgIpc) is 2.81. The number of benzene rings is 2. The van der Waals surface area contributed by atoms with Crippen LogP contribution in [0.25, 0.3) is 0 Å². The van der Waals surface area contributed by atoms with Crippen LogP contribution in [0.2, 0.25) is 0 Å². The van der Waals surface area contributed by atoms with Crippen molar-refractivity contribution in [2.45, 2.75) is 0 Å². The fraction of sp³-hybridized carbons (Fsp3) is 0.364. The number of piperazine rings is 1. The van der Waals surface area contributed by atoms with E-state index in [9.17, 15) is 9.59 Å². The van der Waals surface area contributed by atoms with E-state index < -0.39 is 0 Å². The van der Waals surface area contributed by atoms with Gasteiger partial charge in [0.15, 0.2) is 18.1 Å². The molecule has 1 heterocycles. The molecule has 2 aromatic rings. The second kappa shape index (κ2) is 9.87. The topological polar surface area (TPSA) is 77.5 Å². The van der Waals surface area contributed by atoms with Crippen molar-refractivity contribution in [1.82, 2.24) is 9.80 Å². The Hall–Kier alpha value is -3.42. The summed E-state index contributed by atoms with van der Waals surface area (Å²) in [5.41, 5.74) is 0.491. The van der Waals surface area contributed by atoms with E-state index in [0.717, 1.165) is 0 Å². The smallest absolute Gasteiger partial charge is 0.260 e. The van der Waals surface area contributed by atoms with Gasteiger partial charge in [-0.1, -0.05) is 12.1 Å². The minimum atomic E-state index is -0.129. The molecular formula is C22H26N2O6. The zero-order valence-corrected chi connectivity index (χ0v) is 17.4. The van der Waals surface area contributed by atoms with Crippen LogP contribution in [0.1, 0.15) is 10.4 Å². The van der Waals surface area contributed by atoms with E-state index in [0.29, 0.717) is 54.7 Å². The van der Waals surface area contributed by atoms with Gasteiger partial charge in [-0.2, -0.15) is 0 Å². The Morgan fingerprint density at radius 3 is 1.93 bits per heavy atom. The predicted octanol–water partition coefficient (Wildman–Crippen LogP) is 2.08. The van der Waals surface area contributed by atoms with Gasteiger partial charge in [0, 0.05) is 37.8 Å². The number of rotatable bonds is 7. The van der Waals surface area contributed by atoms with Crippen LogP contribution in [0.5, 0.6) is 23.0 Å². The van der Waals surface area contributed by atoms with Crippen molar-refractivity contribution in [1.29, 1.82) is 0 Å². The van der Waals surface area contributed by atoms with Gasteiger partial charge in [-0.3, -0.25) is 9.59 Å². The molecule has 2 aromatic carbocycles. The van der Waals surface area contributed by atoms with Crippen LogP contribution in [-0.4, -0.2) is 75.7 Å². The largest absolute Gasteiger partial charge is 0.497 e. The lowest BCUT2D eigenvalue weighted by atomic mass is 10.1. The number of nitrogens with zero attached hydrogens (tertiary/aromatic N) is 2. The number of amides is 2. The number of hydrogen-bond donors (Lipinski definition) is 0. The van der Waals surface area contributed by atoms with Crippen LogP contribution >= 0.6 is 0 Å². The number of ether oxygens (including phenoxy) is 4. The zero-order valence-electron chi connectivity index (χ0n) is 17.4. The molecular weight excluding hydrogens is 388 g/mol. The quantitative estimate of drug-likeness (QED) is 0.690. The van der Waals surface area contributed by atoms with Gasteiger partial charge >= 0.3 is 0 Å². The van der Waals surface area contributed by atoms with Crippen molar-refractivity contribution >= 4 is 11.8 Å². The summed E-state index contributed by atoms with van der Waals surface area (Å²) in [5, 5.41) is 0. The Kier molecular flexibility index (Phi) is 7.00. The van der Waals surface area contributed by atoms with Gasteiger partial charge < -0.3 is 28.7 Å². The third kappa shape index (κ3) is 4.94. The van der Waals surface area contributed by atoms with Gasteiger partial charge in [0.25, 0.3) is 11.8 Å². The molecule has 2 amide bonds. The highest BCUT2D eigenvalue weighted by atomic mass is 16.5. The van der Waals surface area contributed by atoms with Crippen molar-refractivity contribution in [3.63, 3.8) is 0 Å². The third-order valence-corrected chi connectivity index (χ3v) is 4.94. The van der Waals surface area contributed by atoms with Crippen molar-refractivity contribution in [3.05, 3.63) is 48.0 Å². The molecule has 1 fully saturated rings. The fourth-order valence-corrected chi connectivity index (χ4v) is 3.24. The molecule has 0 unspecified atom stereocenters. The standard InChI is InChI=1S/C22H26N2O6/c1-27-17-12-16(13-18(14-17)28-2)22(26)24-10-8-23(9-11-24)21(25)15-30-20-7-5-4-6-19(20)29-3/h4-7,12-14H,8-11,15H2,1-3H3. The molecule has 30 heavy (non-hydrogen) atoms. The molecule has 0 aromatic heterocycles. The first-order valence-electron chi connectivity index (χ1n) is 9.61. The molecule has 0 aliphatic carbocycles. The Bertz CT molecular complexity index is 871. The zero-order chi connectivity index (χ0) is 21.5. The lowest BCUT2D eigenvalue weighted by molar-refractivity contribution is -0.134. The van der Waals surface area contributed by atoms with Crippen LogP contribution in [0.4, 0.5) is 0 Å². The first-order valence-corrected chi connectivity index (χ1v) is 9.61. The van der Waals surface area contributed by atoms with Crippen molar-refractivity contribution in [3.8, 4) is 23.0 Å². The van der Waals surface area contributed by atoms with Crippen molar-refractivity contribution in [2.24, 2.45) is 0 Å². The molecule has 0 atom stereocenters. The van der Waals surface area contributed by atoms with E-state index in [1.54, 1.807) is 61.5 Å². The van der Waals surface area contributed by atoms with Crippen LogP contribution in [-0.2, 0) is 4.79 Å². The molecule has 0 radical (unpaired) electrons. The second-order valence-electron chi connectivity index (χ2n) is 6.71. The summed E-state index contributed by atoms with van der Waals surface area (Å²) >= 11 is 0. The molecule has 0 N–H and O–H groups in total. The predicted molar refractivity (Wildman–Crippen MR) is 111 cm³/mol. The van der Waals surface area contributed by atoms with E-state index in [-0.39, 0.29) is 18.4 Å². The lowest BCUT2D eigenvalue weighted by Crippen LogP contribution is -2.51. The maximum Gasteiger partial charge on any atom is 0.260 e. The SMILES string of the molecule is COc1cc(OC)cc(C(=O)N2CCN(C(=O)COc3ccccc3OC)CC2)c1. The van der Waals surface area contributed by atoms with E-state index in [1.807, 2.05) is 12.1 Å². The highest BCUT2D eigenvalue weighted by Gasteiger charge is 2.26. The van der Waals surface area contributed by atoms with E-state index in [2.05, 4.69) is 0 Å². The van der Waals surface area contributed by atoms with E-state index in [4.69, 9.17) is 18.9 Å². The molecule has 1 aliphatic rings. The summed E-state index contributed by atoms with van der Waals surface area (Å²) < 4.78 is 21.3. The Balaban J connectivity index is 1.55. The van der Waals surface area contributed by atoms with Gasteiger partial charge in [0.2, 0.25) is 0 Å². The molecule has 160 valence electrons. The van der Waals surface area contributed by atoms with Gasteiger partial charge in [-0.15, -0.1) is 0 Å². The normalized spacial score (nSPS) is 13.6. The Morgan fingerprint density at radius 1 is 0.800 bits per heavy atom. The average molecular weight is 414 g/mol. The van der Waals surface area contributed by atoms with Crippen LogP contribution in [0.3, 0.4) is 0 Å². The molecule has 0 spiro atoms. The molecule has 8 heteroatoms. The first-order chi connectivity index (χ1) is 14.5. The first kappa shape index (κ1) is 21.3. The highest BCUT2D eigenvalue weighted by molar-refractivity contribution is 5.95. The molecule has 0 bridgehead atoms. The number of carbonyl (C=O) groups excluding carboxylic acids is 2. The minimum absolute atomic E-state index is 0.0819. The third-order valence-electron chi connectivity index (χ3n) is 4.94. The van der Waals surface area contributed by atoms with E-state index in [1.165, 1.54) is 0 Å². The Morgan fingerprint density at radius 2 is 1.37 bits per heavy atom. The number of para-hydroxylation sites is 2. The van der Waals surface area contributed by atoms with Gasteiger partial charge in [0.05, 0.1) is 21.3 Å². The highest BCUT2D eigenvalue weighted by Crippen LogP contribution is 2.26. The molecule has 3 rings (SSSR count). The van der Waals surface area contributed by atoms with Crippen LogP contribution in [0.15, 0.2) is 42.5 Å². The number of carbonyl (C=O) groups is 2. The molecule has 8 nitrogen and oxygen atoms in total. The van der Waals surface area contributed by atoms with Crippen LogP contribution in [0, 0.1) is 0 Å². The summed E-state index contributed by atoms with van der Waals surface area (Å²) in [4.78, 5) is 28.8. The molecule has 0 saturated carbocycles. The Labute approximate surface area is 175 Å². The molecule has 1 aliphatic heterocycles. The molecule has 1 saturated heterocycles. The second-order valence-corrected chi connectivity index (χ2v) is 6.71. The van der Waals surface area contributed by atoms with Crippen molar-refractivity contribution in [2.75, 3.05) is 54.1 Å². The summed E-state index contributed by atoms with van der Waals surface area (Å²) in [5.74, 6) is 1.96. The summed E-state index contributed by atoms with van der Waals surface area (Å²) in [6.45, 7) is 1.70. The van der Waals surface area contributed by atoms with Crippen LogP contribution < -0.4 is 18.9 Å². The summed E-state index contributed by atoms with van der Waals surface area (Å²) in [6, 6.07) is 12.3. The fourth-order valence-electron chi connectivity index (χ4n) is 3.24. The monoisotopic (exact) mass is 414 g/mol. The number of hydrogen-bond acceptors (Lipinski definition) is 6. The van der Waals surface area contributed by atoms with Gasteiger partial charge in [-0.25, -0.2) is 0 Å². The summed E-state index contributed by atoms with van der Waals surface area (Å²) in [7, 11) is 4.64. The maximum atomic E-state index is 12.9. The van der Waals surface area contributed by atoms with Crippen molar-refractivity contribution < 1.29 is 28.5 Å². The number of methoxy groups -OCH3 is 3. The minimum Gasteiger partial charge on any atom is -0.497 e. The lowest BCUT2D eigenvalue weighted by Gasteiger charge is -2.34. The van der Waals surface area contributed by atoms with Gasteiger partial charge in [0.1, 0.15) is 11.5 Å².